The summed E-state index contributed by atoms with van der Waals surface area (Å²) in [5.74, 6) is 0. The van der Waals surface area contributed by atoms with E-state index in [1.807, 2.05) is 19.9 Å². The summed E-state index contributed by atoms with van der Waals surface area (Å²) in [5.41, 5.74) is 0.619. The highest BCUT2D eigenvalue weighted by atomic mass is 32.2. The number of aliphatic hydroxyl groups excluding tert-OH is 1. The Labute approximate surface area is 121 Å². The van der Waals surface area contributed by atoms with Crippen molar-refractivity contribution in [1.82, 2.24) is 4.31 Å². The molecule has 6 heteroatoms. The maximum atomic E-state index is 12.7. The van der Waals surface area contributed by atoms with Crippen LogP contribution in [-0.4, -0.2) is 44.1 Å². The highest BCUT2D eigenvalue weighted by Crippen LogP contribution is 2.24. The van der Waals surface area contributed by atoms with Gasteiger partial charge in [0, 0.05) is 19.6 Å². The van der Waals surface area contributed by atoms with Gasteiger partial charge in [-0.2, -0.15) is 4.31 Å². The molecule has 1 aromatic rings. The molecule has 0 aliphatic rings. The van der Waals surface area contributed by atoms with Gasteiger partial charge in [0.05, 0.1) is 12.3 Å². The molecule has 0 heterocycles. The van der Waals surface area contributed by atoms with Gasteiger partial charge in [0.25, 0.3) is 0 Å². The van der Waals surface area contributed by atoms with Crippen molar-refractivity contribution in [3.63, 3.8) is 0 Å². The summed E-state index contributed by atoms with van der Waals surface area (Å²) in [7, 11) is -3.58. The van der Waals surface area contributed by atoms with Crippen molar-refractivity contribution in [2.24, 2.45) is 0 Å². The maximum absolute atomic E-state index is 12.7. The van der Waals surface area contributed by atoms with Gasteiger partial charge in [-0.1, -0.05) is 26.0 Å². The summed E-state index contributed by atoms with van der Waals surface area (Å²) in [4.78, 5) is 0.273. The summed E-state index contributed by atoms with van der Waals surface area (Å²) in [5, 5.41) is 12.2. The van der Waals surface area contributed by atoms with Crippen LogP contribution in [0.2, 0.25) is 0 Å². The van der Waals surface area contributed by atoms with Crippen molar-refractivity contribution in [1.29, 1.82) is 0 Å². The van der Waals surface area contributed by atoms with Crippen LogP contribution in [-0.2, 0) is 10.0 Å². The second kappa shape index (κ2) is 8.24. The lowest BCUT2D eigenvalue weighted by atomic mass is 10.3. The lowest BCUT2D eigenvalue weighted by Crippen LogP contribution is -2.34. The minimum absolute atomic E-state index is 0.123. The van der Waals surface area contributed by atoms with Crippen LogP contribution in [0, 0.1) is 0 Å². The van der Waals surface area contributed by atoms with Gasteiger partial charge < -0.3 is 10.4 Å². The van der Waals surface area contributed by atoms with E-state index in [0.29, 0.717) is 18.7 Å². The van der Waals surface area contributed by atoms with Crippen molar-refractivity contribution >= 4 is 15.7 Å². The van der Waals surface area contributed by atoms with Crippen LogP contribution in [0.25, 0.3) is 0 Å². The standard InChI is InChI=1S/C14H24N2O3S/c1-3-9-15-13-7-5-6-8-14(13)20(18,19)16(10-4-2)11-12-17/h5-8,15,17H,3-4,9-12H2,1-2H3. The monoisotopic (exact) mass is 300 g/mol. The van der Waals surface area contributed by atoms with Gasteiger partial charge in [-0.25, -0.2) is 8.42 Å². The minimum Gasteiger partial charge on any atom is -0.395 e. The highest BCUT2D eigenvalue weighted by Gasteiger charge is 2.25. The Bertz CT molecular complexity index is 497. The fraction of sp³-hybridized carbons (Fsp3) is 0.571. The number of aliphatic hydroxyl groups is 1. The molecule has 0 fully saturated rings. The van der Waals surface area contributed by atoms with Crippen LogP contribution in [0.4, 0.5) is 5.69 Å². The quantitative estimate of drug-likeness (QED) is 0.731. The van der Waals surface area contributed by atoms with Crippen LogP contribution in [0.3, 0.4) is 0 Å². The topological polar surface area (TPSA) is 69.6 Å². The maximum Gasteiger partial charge on any atom is 0.245 e. The number of sulfonamides is 1. The highest BCUT2D eigenvalue weighted by molar-refractivity contribution is 7.89. The number of rotatable bonds is 9. The molecule has 0 aromatic heterocycles. The van der Waals surface area contributed by atoms with E-state index in [0.717, 1.165) is 13.0 Å². The van der Waals surface area contributed by atoms with E-state index >= 15 is 0 Å². The molecular weight excluding hydrogens is 276 g/mol. The van der Waals surface area contributed by atoms with Crippen molar-refractivity contribution in [2.75, 3.05) is 31.6 Å². The molecule has 1 rings (SSSR count). The molecule has 1 aromatic carbocycles. The van der Waals surface area contributed by atoms with E-state index in [9.17, 15) is 8.42 Å². The van der Waals surface area contributed by atoms with Crippen LogP contribution in [0.1, 0.15) is 26.7 Å². The van der Waals surface area contributed by atoms with E-state index in [1.165, 1.54) is 4.31 Å². The molecule has 2 N–H and O–H groups in total. The first-order chi connectivity index (χ1) is 9.57. The summed E-state index contributed by atoms with van der Waals surface area (Å²) >= 11 is 0. The third-order valence-electron chi connectivity index (χ3n) is 2.89. The molecule has 0 spiro atoms. The zero-order valence-electron chi connectivity index (χ0n) is 12.2. The van der Waals surface area contributed by atoms with Gasteiger partial charge in [-0.15, -0.1) is 0 Å². The van der Waals surface area contributed by atoms with E-state index < -0.39 is 10.0 Å². The molecule has 0 aliphatic heterocycles. The van der Waals surface area contributed by atoms with Gasteiger partial charge in [0.15, 0.2) is 0 Å². The van der Waals surface area contributed by atoms with Gasteiger partial charge in [0.1, 0.15) is 4.90 Å². The molecule has 0 saturated heterocycles. The number of anilines is 1. The first-order valence-corrected chi connectivity index (χ1v) is 8.45. The lowest BCUT2D eigenvalue weighted by molar-refractivity contribution is 0.253. The molecule has 0 radical (unpaired) electrons. The van der Waals surface area contributed by atoms with Crippen LogP contribution in [0.15, 0.2) is 29.2 Å². The first kappa shape index (κ1) is 16.9. The zero-order valence-corrected chi connectivity index (χ0v) is 13.0. The van der Waals surface area contributed by atoms with E-state index in [1.54, 1.807) is 18.2 Å². The fourth-order valence-corrected chi connectivity index (χ4v) is 3.64. The van der Waals surface area contributed by atoms with E-state index in [-0.39, 0.29) is 18.0 Å². The van der Waals surface area contributed by atoms with Crippen molar-refractivity contribution in [3.05, 3.63) is 24.3 Å². The average Bonchev–Trinajstić information content (AvgIpc) is 2.45. The Kier molecular flexibility index (Phi) is 6.98. The van der Waals surface area contributed by atoms with Crippen LogP contribution < -0.4 is 5.32 Å². The van der Waals surface area contributed by atoms with Gasteiger partial charge in [-0.05, 0) is 25.0 Å². The van der Waals surface area contributed by atoms with Crippen LogP contribution in [0.5, 0.6) is 0 Å². The number of hydrogen-bond donors (Lipinski definition) is 2. The normalized spacial score (nSPS) is 11.8. The molecule has 0 aliphatic carbocycles. The molecule has 0 bridgehead atoms. The average molecular weight is 300 g/mol. The number of nitrogens with zero attached hydrogens (tertiary/aromatic N) is 1. The Morgan fingerprint density at radius 2 is 1.85 bits per heavy atom. The lowest BCUT2D eigenvalue weighted by Gasteiger charge is -2.22. The number of para-hydroxylation sites is 1. The minimum atomic E-state index is -3.58. The predicted molar refractivity (Wildman–Crippen MR) is 81.4 cm³/mol. The van der Waals surface area contributed by atoms with Gasteiger partial charge in [0.2, 0.25) is 10.0 Å². The van der Waals surface area contributed by atoms with Crippen molar-refractivity contribution in [2.45, 2.75) is 31.6 Å². The van der Waals surface area contributed by atoms with Crippen molar-refractivity contribution in [3.8, 4) is 0 Å². The van der Waals surface area contributed by atoms with E-state index in [4.69, 9.17) is 5.11 Å². The zero-order chi connectivity index (χ0) is 15.0. The van der Waals surface area contributed by atoms with Crippen molar-refractivity contribution < 1.29 is 13.5 Å². The van der Waals surface area contributed by atoms with Crippen LogP contribution >= 0.6 is 0 Å². The third kappa shape index (κ3) is 4.19. The third-order valence-corrected chi connectivity index (χ3v) is 4.85. The fourth-order valence-electron chi connectivity index (χ4n) is 1.95. The number of benzene rings is 1. The SMILES string of the molecule is CCCNc1ccccc1S(=O)(=O)N(CCC)CCO. The number of nitrogens with one attached hydrogen (secondary N) is 1. The summed E-state index contributed by atoms with van der Waals surface area (Å²) in [6.45, 7) is 5.02. The summed E-state index contributed by atoms with van der Waals surface area (Å²) in [6.07, 6.45) is 1.63. The molecular formula is C14H24N2O3S. The Morgan fingerprint density at radius 1 is 1.15 bits per heavy atom. The summed E-state index contributed by atoms with van der Waals surface area (Å²) in [6, 6.07) is 6.90. The Hall–Kier alpha value is -1.11. The second-order valence-corrected chi connectivity index (χ2v) is 6.46. The van der Waals surface area contributed by atoms with Gasteiger partial charge in [-0.3, -0.25) is 0 Å². The molecule has 5 nitrogen and oxygen atoms in total. The first-order valence-electron chi connectivity index (χ1n) is 7.01. The predicted octanol–water partition coefficient (Wildman–Crippen LogP) is 1.90. The number of hydrogen-bond acceptors (Lipinski definition) is 4. The summed E-state index contributed by atoms with van der Waals surface area (Å²) < 4.78 is 26.7. The molecule has 0 unspecified atom stereocenters. The second-order valence-electron chi connectivity index (χ2n) is 4.55. The Morgan fingerprint density at radius 3 is 2.45 bits per heavy atom. The molecule has 0 saturated carbocycles. The smallest absolute Gasteiger partial charge is 0.245 e. The molecule has 20 heavy (non-hydrogen) atoms. The van der Waals surface area contributed by atoms with Gasteiger partial charge >= 0.3 is 0 Å². The largest absolute Gasteiger partial charge is 0.395 e. The van der Waals surface area contributed by atoms with E-state index in [2.05, 4.69) is 5.32 Å². The molecule has 0 atom stereocenters. The molecule has 0 amide bonds. The Balaban J connectivity index is 3.12. The molecule has 114 valence electrons.